The van der Waals surface area contributed by atoms with Crippen LogP contribution in [0, 0.1) is 0 Å². The molecule has 68 valence electrons. The fourth-order valence-corrected chi connectivity index (χ4v) is 1.77. The van der Waals surface area contributed by atoms with Crippen molar-refractivity contribution >= 4 is 5.57 Å². The molecular formula is C12H15N. The summed E-state index contributed by atoms with van der Waals surface area (Å²) in [5.41, 5.74) is 8.65. The Hall–Kier alpha value is -1.08. The Kier molecular flexibility index (Phi) is 2.46. The fraction of sp³-hybridized carbons (Fsp3) is 0.333. The highest BCUT2D eigenvalue weighted by atomic mass is 14.6. The molecule has 0 saturated heterocycles. The molecule has 0 aromatic heterocycles. The number of hydrogen-bond donors (Lipinski definition) is 1. The van der Waals surface area contributed by atoms with Gasteiger partial charge in [0, 0.05) is 6.04 Å². The van der Waals surface area contributed by atoms with Gasteiger partial charge < -0.3 is 5.73 Å². The summed E-state index contributed by atoms with van der Waals surface area (Å²) in [7, 11) is 0. The summed E-state index contributed by atoms with van der Waals surface area (Å²) < 4.78 is 0. The van der Waals surface area contributed by atoms with Gasteiger partial charge in [-0.3, -0.25) is 0 Å². The van der Waals surface area contributed by atoms with Crippen molar-refractivity contribution in [2.45, 2.75) is 25.3 Å². The van der Waals surface area contributed by atoms with Gasteiger partial charge in [0.25, 0.3) is 0 Å². The van der Waals surface area contributed by atoms with Crippen molar-refractivity contribution in [3.8, 4) is 0 Å². The van der Waals surface area contributed by atoms with E-state index in [2.05, 4.69) is 36.4 Å². The highest BCUT2D eigenvalue weighted by molar-refractivity contribution is 5.66. The molecule has 1 atom stereocenters. The predicted octanol–water partition coefficient (Wildman–Crippen LogP) is 2.58. The third kappa shape index (κ3) is 1.99. The maximum absolute atomic E-state index is 5.83. The number of nitrogens with two attached hydrogens (primary N) is 1. The van der Waals surface area contributed by atoms with Gasteiger partial charge in [-0.15, -0.1) is 0 Å². The van der Waals surface area contributed by atoms with Crippen molar-refractivity contribution in [2.75, 3.05) is 0 Å². The van der Waals surface area contributed by atoms with Gasteiger partial charge in [0.05, 0.1) is 0 Å². The molecule has 0 radical (unpaired) electrons. The Morgan fingerprint density at radius 1 is 1.15 bits per heavy atom. The maximum Gasteiger partial charge on any atom is 0.00767 e. The van der Waals surface area contributed by atoms with Crippen LogP contribution >= 0.6 is 0 Å². The Balaban J connectivity index is 2.19. The van der Waals surface area contributed by atoms with E-state index < -0.39 is 0 Å². The first-order chi connectivity index (χ1) is 6.36. The van der Waals surface area contributed by atoms with Crippen LogP contribution in [-0.2, 0) is 0 Å². The van der Waals surface area contributed by atoms with E-state index in [1.165, 1.54) is 11.1 Å². The quantitative estimate of drug-likeness (QED) is 0.694. The Morgan fingerprint density at radius 3 is 2.54 bits per heavy atom. The Morgan fingerprint density at radius 2 is 1.92 bits per heavy atom. The zero-order chi connectivity index (χ0) is 9.10. The van der Waals surface area contributed by atoms with Gasteiger partial charge in [-0.25, -0.2) is 0 Å². The highest BCUT2D eigenvalue weighted by Gasteiger charge is 2.10. The molecule has 0 heterocycles. The lowest BCUT2D eigenvalue weighted by Crippen LogP contribution is -2.21. The molecule has 0 spiro atoms. The lowest BCUT2D eigenvalue weighted by atomic mass is 9.91. The molecule has 0 fully saturated rings. The van der Waals surface area contributed by atoms with Crippen LogP contribution in [0.15, 0.2) is 36.4 Å². The molecule has 0 saturated carbocycles. The van der Waals surface area contributed by atoms with Crippen LogP contribution in [-0.4, -0.2) is 6.04 Å². The van der Waals surface area contributed by atoms with E-state index >= 15 is 0 Å². The second-order valence-corrected chi connectivity index (χ2v) is 3.63. The Labute approximate surface area is 79.3 Å². The van der Waals surface area contributed by atoms with Crippen LogP contribution < -0.4 is 5.73 Å². The SMILES string of the molecule is NC1CC=C(c2ccccc2)CC1. The van der Waals surface area contributed by atoms with Crippen molar-refractivity contribution in [3.63, 3.8) is 0 Å². The fourth-order valence-electron chi connectivity index (χ4n) is 1.77. The molecule has 0 aliphatic heterocycles. The Bertz CT molecular complexity index is 300. The minimum Gasteiger partial charge on any atom is -0.327 e. The van der Waals surface area contributed by atoms with Crippen LogP contribution in [0.1, 0.15) is 24.8 Å². The summed E-state index contributed by atoms with van der Waals surface area (Å²) in [6, 6.07) is 11.0. The van der Waals surface area contributed by atoms with Crippen molar-refractivity contribution in [2.24, 2.45) is 5.73 Å². The summed E-state index contributed by atoms with van der Waals surface area (Å²) in [6.45, 7) is 0. The molecule has 1 heteroatoms. The molecule has 1 nitrogen and oxygen atoms in total. The molecule has 1 aromatic carbocycles. The average Bonchev–Trinajstić information content (AvgIpc) is 2.20. The van der Waals surface area contributed by atoms with Gasteiger partial charge in [-0.05, 0) is 30.4 Å². The second kappa shape index (κ2) is 3.75. The molecule has 0 amide bonds. The van der Waals surface area contributed by atoms with Crippen molar-refractivity contribution < 1.29 is 0 Å². The number of rotatable bonds is 1. The summed E-state index contributed by atoms with van der Waals surface area (Å²) in [6.07, 6.45) is 5.57. The summed E-state index contributed by atoms with van der Waals surface area (Å²) in [5, 5.41) is 0. The molecular weight excluding hydrogens is 158 g/mol. The molecule has 1 aliphatic rings. The molecule has 2 N–H and O–H groups in total. The largest absolute Gasteiger partial charge is 0.327 e. The van der Waals surface area contributed by atoms with E-state index in [1.807, 2.05) is 0 Å². The maximum atomic E-state index is 5.83. The van der Waals surface area contributed by atoms with Crippen LogP contribution in [0.5, 0.6) is 0 Å². The third-order valence-electron chi connectivity index (χ3n) is 2.60. The summed E-state index contributed by atoms with van der Waals surface area (Å²) in [4.78, 5) is 0. The first kappa shape index (κ1) is 8.52. The minimum atomic E-state index is 0.382. The average molecular weight is 173 g/mol. The van der Waals surface area contributed by atoms with Gasteiger partial charge in [-0.1, -0.05) is 36.4 Å². The number of hydrogen-bond acceptors (Lipinski definition) is 1. The normalized spacial score (nSPS) is 22.5. The zero-order valence-electron chi connectivity index (χ0n) is 7.74. The molecule has 1 unspecified atom stereocenters. The topological polar surface area (TPSA) is 26.0 Å². The van der Waals surface area contributed by atoms with Crippen molar-refractivity contribution in [1.82, 2.24) is 0 Å². The summed E-state index contributed by atoms with van der Waals surface area (Å²) in [5.74, 6) is 0. The van der Waals surface area contributed by atoms with Gasteiger partial charge in [0.15, 0.2) is 0 Å². The molecule has 1 aromatic rings. The monoisotopic (exact) mass is 173 g/mol. The van der Waals surface area contributed by atoms with E-state index in [0.29, 0.717) is 6.04 Å². The van der Waals surface area contributed by atoms with Crippen LogP contribution in [0.3, 0.4) is 0 Å². The summed E-state index contributed by atoms with van der Waals surface area (Å²) >= 11 is 0. The van der Waals surface area contributed by atoms with Crippen molar-refractivity contribution in [1.29, 1.82) is 0 Å². The van der Waals surface area contributed by atoms with E-state index in [1.54, 1.807) is 0 Å². The van der Waals surface area contributed by atoms with Crippen molar-refractivity contribution in [3.05, 3.63) is 42.0 Å². The molecule has 1 aliphatic carbocycles. The van der Waals surface area contributed by atoms with Gasteiger partial charge in [-0.2, -0.15) is 0 Å². The minimum absolute atomic E-state index is 0.382. The van der Waals surface area contributed by atoms with E-state index in [9.17, 15) is 0 Å². The predicted molar refractivity (Wildman–Crippen MR) is 56.2 cm³/mol. The van der Waals surface area contributed by atoms with Crippen LogP contribution in [0.4, 0.5) is 0 Å². The zero-order valence-corrected chi connectivity index (χ0v) is 7.74. The molecule has 0 bridgehead atoms. The second-order valence-electron chi connectivity index (χ2n) is 3.63. The standard InChI is InChI=1S/C12H15N/c13-12-8-6-11(7-9-12)10-4-2-1-3-5-10/h1-6,12H,7-9,13H2. The molecule has 2 rings (SSSR count). The lowest BCUT2D eigenvalue weighted by molar-refractivity contribution is 0.614. The van der Waals surface area contributed by atoms with Crippen LogP contribution in [0.25, 0.3) is 5.57 Å². The lowest BCUT2D eigenvalue weighted by Gasteiger charge is -2.18. The van der Waals surface area contributed by atoms with Crippen LogP contribution in [0.2, 0.25) is 0 Å². The van der Waals surface area contributed by atoms with E-state index in [4.69, 9.17) is 5.73 Å². The van der Waals surface area contributed by atoms with Gasteiger partial charge in [0.2, 0.25) is 0 Å². The first-order valence-electron chi connectivity index (χ1n) is 4.86. The van der Waals surface area contributed by atoms with E-state index in [-0.39, 0.29) is 0 Å². The third-order valence-corrected chi connectivity index (χ3v) is 2.60. The first-order valence-corrected chi connectivity index (χ1v) is 4.86. The molecule has 13 heavy (non-hydrogen) atoms. The highest BCUT2D eigenvalue weighted by Crippen LogP contribution is 2.25. The van der Waals surface area contributed by atoms with Gasteiger partial charge >= 0.3 is 0 Å². The smallest absolute Gasteiger partial charge is 0.00767 e. The number of allylic oxidation sites excluding steroid dienone is 1. The van der Waals surface area contributed by atoms with Gasteiger partial charge in [0.1, 0.15) is 0 Å². The van der Waals surface area contributed by atoms with E-state index in [0.717, 1.165) is 19.3 Å². The number of benzene rings is 1.